The molecule has 0 radical (unpaired) electrons. The van der Waals surface area contributed by atoms with Crippen molar-refractivity contribution in [1.29, 1.82) is 0 Å². The highest BCUT2D eigenvalue weighted by Crippen LogP contribution is 2.21. The molecule has 0 fully saturated rings. The average molecular weight is 332 g/mol. The van der Waals surface area contributed by atoms with Crippen LogP contribution in [0, 0.1) is 0 Å². The van der Waals surface area contributed by atoms with Gasteiger partial charge in [-0.25, -0.2) is 0 Å². The molecule has 0 amide bonds. The minimum absolute atomic E-state index is 0.852. The van der Waals surface area contributed by atoms with E-state index in [9.17, 15) is 0 Å². The summed E-state index contributed by atoms with van der Waals surface area (Å²) in [5.74, 6) is 2.04. The predicted octanol–water partition coefficient (Wildman–Crippen LogP) is 5.08. The van der Waals surface area contributed by atoms with Crippen molar-refractivity contribution in [1.82, 2.24) is 5.32 Å². The molecular weight excluding hydrogens is 317 g/mol. The SMILES string of the molecule is Clc1ccc(CNCCSCc2ccccc2Cl)s1. The van der Waals surface area contributed by atoms with Crippen LogP contribution >= 0.6 is 46.3 Å². The van der Waals surface area contributed by atoms with Crippen molar-refractivity contribution in [3.8, 4) is 0 Å². The first kappa shape index (κ1) is 15.2. The number of rotatable bonds is 7. The molecule has 5 heteroatoms. The van der Waals surface area contributed by atoms with Gasteiger partial charge in [0.25, 0.3) is 0 Å². The van der Waals surface area contributed by atoms with Crippen LogP contribution in [0.3, 0.4) is 0 Å². The van der Waals surface area contributed by atoms with Crippen molar-refractivity contribution < 1.29 is 0 Å². The summed E-state index contributed by atoms with van der Waals surface area (Å²) in [6.45, 7) is 1.88. The maximum atomic E-state index is 6.11. The summed E-state index contributed by atoms with van der Waals surface area (Å²) >= 11 is 15.5. The maximum absolute atomic E-state index is 6.11. The van der Waals surface area contributed by atoms with Crippen molar-refractivity contribution in [3.05, 3.63) is 56.2 Å². The number of hydrogen-bond donors (Lipinski definition) is 1. The fraction of sp³-hybridized carbons (Fsp3) is 0.286. The monoisotopic (exact) mass is 331 g/mol. The van der Waals surface area contributed by atoms with Crippen LogP contribution in [-0.4, -0.2) is 12.3 Å². The molecule has 2 aromatic rings. The lowest BCUT2D eigenvalue weighted by Crippen LogP contribution is -2.15. The molecule has 1 heterocycles. The van der Waals surface area contributed by atoms with Crippen LogP contribution in [0.5, 0.6) is 0 Å². The second kappa shape index (κ2) is 8.18. The number of halogens is 2. The molecule has 1 aromatic heterocycles. The standard InChI is InChI=1S/C14H15Cl2NS2/c15-13-4-2-1-3-11(13)10-18-8-7-17-9-12-5-6-14(16)19-12/h1-6,17H,7-10H2. The Balaban J connectivity index is 1.59. The summed E-state index contributed by atoms with van der Waals surface area (Å²) in [6, 6.07) is 12.0. The van der Waals surface area contributed by atoms with Crippen molar-refractivity contribution in [2.24, 2.45) is 0 Å². The van der Waals surface area contributed by atoms with E-state index in [4.69, 9.17) is 23.2 Å². The number of thiophene rings is 1. The van der Waals surface area contributed by atoms with Crippen molar-refractivity contribution >= 4 is 46.3 Å². The molecule has 0 aliphatic rings. The first-order valence-electron chi connectivity index (χ1n) is 6.02. The molecule has 0 aliphatic carbocycles. The summed E-state index contributed by atoms with van der Waals surface area (Å²) in [5.41, 5.74) is 1.21. The zero-order chi connectivity index (χ0) is 13.5. The molecule has 19 heavy (non-hydrogen) atoms. The Labute approximate surface area is 132 Å². The summed E-state index contributed by atoms with van der Waals surface area (Å²) in [4.78, 5) is 1.28. The number of nitrogens with one attached hydrogen (secondary N) is 1. The third-order valence-corrected chi connectivity index (χ3v) is 5.17. The summed E-state index contributed by atoms with van der Waals surface area (Å²) in [7, 11) is 0. The zero-order valence-electron chi connectivity index (χ0n) is 10.4. The smallest absolute Gasteiger partial charge is 0.0931 e. The molecule has 0 aliphatic heterocycles. The highest BCUT2D eigenvalue weighted by molar-refractivity contribution is 7.98. The van der Waals surface area contributed by atoms with Crippen molar-refractivity contribution in [3.63, 3.8) is 0 Å². The number of thioether (sulfide) groups is 1. The van der Waals surface area contributed by atoms with Gasteiger partial charge >= 0.3 is 0 Å². The second-order valence-corrected chi connectivity index (χ2v) is 7.34. The fourth-order valence-corrected chi connectivity index (χ4v) is 3.84. The lowest BCUT2D eigenvalue weighted by Gasteiger charge is -2.05. The third kappa shape index (κ3) is 5.36. The molecule has 1 nitrogen and oxygen atoms in total. The summed E-state index contributed by atoms with van der Waals surface area (Å²) in [6.07, 6.45) is 0. The molecule has 0 bridgehead atoms. The van der Waals surface area contributed by atoms with Gasteiger partial charge in [0.15, 0.2) is 0 Å². The Morgan fingerprint density at radius 2 is 1.95 bits per heavy atom. The van der Waals surface area contributed by atoms with E-state index < -0.39 is 0 Å². The van der Waals surface area contributed by atoms with E-state index in [1.807, 2.05) is 36.0 Å². The second-order valence-electron chi connectivity index (χ2n) is 4.03. The van der Waals surface area contributed by atoms with Crippen LogP contribution in [0.4, 0.5) is 0 Å². The number of hydrogen-bond acceptors (Lipinski definition) is 3. The van der Waals surface area contributed by atoms with Crippen molar-refractivity contribution in [2.45, 2.75) is 12.3 Å². The molecular formula is C14H15Cl2NS2. The first-order valence-corrected chi connectivity index (χ1v) is 8.74. The quantitative estimate of drug-likeness (QED) is 0.710. The van der Waals surface area contributed by atoms with Gasteiger partial charge in [0, 0.05) is 34.5 Å². The Bertz CT molecular complexity index is 514. The average Bonchev–Trinajstić information content (AvgIpc) is 2.81. The molecule has 0 saturated heterocycles. The molecule has 1 aromatic carbocycles. The van der Waals surface area contributed by atoms with Crippen LogP contribution in [0.25, 0.3) is 0 Å². The van der Waals surface area contributed by atoms with Crippen LogP contribution in [0.2, 0.25) is 9.36 Å². The molecule has 0 unspecified atom stereocenters. The fourth-order valence-electron chi connectivity index (χ4n) is 1.60. The first-order chi connectivity index (χ1) is 9.25. The van der Waals surface area contributed by atoms with Gasteiger partial charge in [0.05, 0.1) is 4.34 Å². The van der Waals surface area contributed by atoms with Gasteiger partial charge in [-0.15, -0.1) is 11.3 Å². The predicted molar refractivity (Wildman–Crippen MR) is 88.6 cm³/mol. The van der Waals surface area contributed by atoms with E-state index >= 15 is 0 Å². The van der Waals surface area contributed by atoms with Gasteiger partial charge in [-0.1, -0.05) is 41.4 Å². The molecule has 0 atom stereocenters. The minimum Gasteiger partial charge on any atom is -0.311 e. The van der Waals surface area contributed by atoms with Gasteiger partial charge in [0.1, 0.15) is 0 Å². The van der Waals surface area contributed by atoms with Crippen molar-refractivity contribution in [2.75, 3.05) is 12.3 Å². The highest BCUT2D eigenvalue weighted by atomic mass is 35.5. The Morgan fingerprint density at radius 1 is 1.11 bits per heavy atom. The van der Waals surface area contributed by atoms with E-state index in [1.165, 1.54) is 10.4 Å². The van der Waals surface area contributed by atoms with E-state index in [0.717, 1.165) is 34.0 Å². The Hall–Kier alpha value is -0.190. The third-order valence-electron chi connectivity index (χ3n) is 2.57. The van der Waals surface area contributed by atoms with Crippen LogP contribution in [0.1, 0.15) is 10.4 Å². The van der Waals surface area contributed by atoms with Crippen LogP contribution in [-0.2, 0) is 12.3 Å². The minimum atomic E-state index is 0.852. The van der Waals surface area contributed by atoms with Gasteiger partial charge in [-0.2, -0.15) is 11.8 Å². The van der Waals surface area contributed by atoms with Gasteiger partial charge < -0.3 is 5.32 Å². The van der Waals surface area contributed by atoms with Gasteiger partial charge in [-0.3, -0.25) is 0 Å². The Morgan fingerprint density at radius 3 is 2.68 bits per heavy atom. The summed E-state index contributed by atoms with van der Waals surface area (Å²) < 4.78 is 0.852. The van der Waals surface area contributed by atoms with Crippen LogP contribution in [0.15, 0.2) is 36.4 Å². The van der Waals surface area contributed by atoms with Crippen LogP contribution < -0.4 is 5.32 Å². The molecule has 1 N–H and O–H groups in total. The van der Waals surface area contributed by atoms with Gasteiger partial charge in [0.2, 0.25) is 0 Å². The molecule has 0 spiro atoms. The highest BCUT2D eigenvalue weighted by Gasteiger charge is 1.99. The number of benzene rings is 1. The topological polar surface area (TPSA) is 12.0 Å². The normalized spacial score (nSPS) is 10.8. The maximum Gasteiger partial charge on any atom is 0.0931 e. The largest absolute Gasteiger partial charge is 0.311 e. The van der Waals surface area contributed by atoms with E-state index in [-0.39, 0.29) is 0 Å². The van der Waals surface area contributed by atoms with E-state index in [1.54, 1.807) is 11.3 Å². The molecule has 0 saturated carbocycles. The summed E-state index contributed by atoms with van der Waals surface area (Å²) in [5, 5.41) is 4.27. The molecule has 2 rings (SSSR count). The lowest BCUT2D eigenvalue weighted by molar-refractivity contribution is 0.741. The lowest BCUT2D eigenvalue weighted by atomic mass is 10.2. The van der Waals surface area contributed by atoms with E-state index in [2.05, 4.69) is 17.4 Å². The van der Waals surface area contributed by atoms with Gasteiger partial charge in [-0.05, 0) is 23.8 Å². The van der Waals surface area contributed by atoms with E-state index in [0.29, 0.717) is 0 Å². The molecule has 102 valence electrons. The Kier molecular flexibility index (Phi) is 6.54. The zero-order valence-corrected chi connectivity index (χ0v) is 13.5.